The molecule has 1 rings (SSSR count). The molecule has 1 N–H and O–H groups in total. The molecule has 1 aromatic rings. The van der Waals surface area contributed by atoms with E-state index >= 15 is 0 Å². The van der Waals surface area contributed by atoms with E-state index < -0.39 is 0 Å². The topological polar surface area (TPSA) is 62.3 Å². The van der Waals surface area contributed by atoms with Crippen molar-refractivity contribution in [2.75, 3.05) is 20.6 Å². The van der Waals surface area contributed by atoms with Gasteiger partial charge in [-0.05, 0) is 6.07 Å². The lowest BCUT2D eigenvalue weighted by Crippen LogP contribution is -2.30. The molecule has 0 radical (unpaired) electrons. The molecule has 0 atom stereocenters. The Hall–Kier alpha value is -1.62. The average molecular weight is 256 g/mol. The number of rotatable bonds is 4. The maximum Gasteiger partial charge on any atom is 0.254 e. The molecule has 0 spiro atoms. The smallest absolute Gasteiger partial charge is 0.254 e. The second kappa shape index (κ2) is 6.20. The molecule has 1 aromatic heterocycles. The maximum atomic E-state index is 11.7. The van der Waals surface area contributed by atoms with Gasteiger partial charge >= 0.3 is 0 Å². The normalized spacial score (nSPS) is 9.82. The predicted molar refractivity (Wildman–Crippen MR) is 64.9 cm³/mol. The Kier molecular flexibility index (Phi) is 4.90. The van der Waals surface area contributed by atoms with Crippen LogP contribution in [0.4, 0.5) is 0 Å². The number of carbonyl (C=O) groups is 2. The van der Waals surface area contributed by atoms with Gasteiger partial charge in [0, 0.05) is 39.5 Å². The minimum absolute atomic E-state index is 0.0393. The van der Waals surface area contributed by atoms with Crippen molar-refractivity contribution in [3.8, 4) is 0 Å². The molecule has 0 unspecified atom stereocenters. The molecule has 92 valence electrons. The van der Waals surface area contributed by atoms with Crippen molar-refractivity contribution in [1.29, 1.82) is 0 Å². The molecule has 0 aliphatic rings. The molecule has 0 aliphatic heterocycles. The monoisotopic (exact) mass is 255 g/mol. The first kappa shape index (κ1) is 13.4. The summed E-state index contributed by atoms with van der Waals surface area (Å²) in [5.41, 5.74) is 0.312. The Morgan fingerprint density at radius 1 is 1.47 bits per heavy atom. The van der Waals surface area contributed by atoms with Gasteiger partial charge in [0.05, 0.1) is 10.6 Å². The van der Waals surface area contributed by atoms with Gasteiger partial charge in [0.15, 0.2) is 0 Å². The van der Waals surface area contributed by atoms with Crippen LogP contribution in [0, 0.1) is 0 Å². The first-order chi connectivity index (χ1) is 8.02. The minimum atomic E-state index is -0.324. The molecule has 2 amide bonds. The summed E-state index contributed by atoms with van der Waals surface area (Å²) in [6.07, 6.45) is 3.16. The van der Waals surface area contributed by atoms with Crippen LogP contribution in [0.2, 0.25) is 5.02 Å². The first-order valence-electron chi connectivity index (χ1n) is 5.10. The Labute approximate surface area is 105 Å². The van der Waals surface area contributed by atoms with Gasteiger partial charge in [0.2, 0.25) is 5.91 Å². The number of hydrogen-bond acceptors (Lipinski definition) is 3. The third-order valence-corrected chi connectivity index (χ3v) is 2.47. The SMILES string of the molecule is CN(C)C(=O)CCNC(=O)c1cnccc1Cl. The fourth-order valence-corrected chi connectivity index (χ4v) is 1.34. The minimum Gasteiger partial charge on any atom is -0.351 e. The van der Waals surface area contributed by atoms with Crippen LogP contribution >= 0.6 is 11.6 Å². The van der Waals surface area contributed by atoms with Crippen molar-refractivity contribution in [1.82, 2.24) is 15.2 Å². The molecule has 0 saturated carbocycles. The molecule has 6 heteroatoms. The van der Waals surface area contributed by atoms with E-state index in [4.69, 9.17) is 11.6 Å². The highest BCUT2D eigenvalue weighted by atomic mass is 35.5. The number of aromatic nitrogens is 1. The van der Waals surface area contributed by atoms with E-state index in [2.05, 4.69) is 10.3 Å². The Balaban J connectivity index is 2.46. The summed E-state index contributed by atoms with van der Waals surface area (Å²) in [4.78, 5) is 28.2. The van der Waals surface area contributed by atoms with Crippen molar-refractivity contribution < 1.29 is 9.59 Å². The lowest BCUT2D eigenvalue weighted by Gasteiger charge is -2.10. The van der Waals surface area contributed by atoms with Crippen LogP contribution in [-0.2, 0) is 4.79 Å². The number of nitrogens with one attached hydrogen (secondary N) is 1. The zero-order valence-corrected chi connectivity index (χ0v) is 10.5. The van der Waals surface area contributed by atoms with E-state index in [0.29, 0.717) is 10.6 Å². The Morgan fingerprint density at radius 2 is 2.18 bits per heavy atom. The van der Waals surface area contributed by atoms with Crippen molar-refractivity contribution in [3.63, 3.8) is 0 Å². The second-order valence-electron chi connectivity index (χ2n) is 3.65. The average Bonchev–Trinajstić information content (AvgIpc) is 2.29. The van der Waals surface area contributed by atoms with Crippen LogP contribution in [0.5, 0.6) is 0 Å². The zero-order chi connectivity index (χ0) is 12.8. The molecule has 0 aromatic carbocycles. The van der Waals surface area contributed by atoms with Crippen molar-refractivity contribution in [2.45, 2.75) is 6.42 Å². The molecular formula is C11H14ClN3O2. The van der Waals surface area contributed by atoms with E-state index in [1.165, 1.54) is 17.3 Å². The van der Waals surface area contributed by atoms with Gasteiger partial charge in [0.1, 0.15) is 0 Å². The van der Waals surface area contributed by atoms with Crippen LogP contribution in [0.25, 0.3) is 0 Å². The summed E-state index contributed by atoms with van der Waals surface area (Å²) < 4.78 is 0. The molecule has 0 aliphatic carbocycles. The zero-order valence-electron chi connectivity index (χ0n) is 9.74. The van der Waals surface area contributed by atoms with Crippen LogP contribution in [-0.4, -0.2) is 42.3 Å². The summed E-state index contributed by atoms with van der Waals surface area (Å²) >= 11 is 5.84. The van der Waals surface area contributed by atoms with Crippen molar-refractivity contribution in [3.05, 3.63) is 29.0 Å². The molecule has 17 heavy (non-hydrogen) atoms. The van der Waals surface area contributed by atoms with Crippen LogP contribution in [0.1, 0.15) is 16.8 Å². The fraction of sp³-hybridized carbons (Fsp3) is 0.364. The number of halogens is 1. The molecule has 0 fully saturated rings. The van der Waals surface area contributed by atoms with Gasteiger partial charge in [-0.25, -0.2) is 0 Å². The summed E-state index contributed by atoms with van der Waals surface area (Å²) in [6, 6.07) is 1.54. The van der Waals surface area contributed by atoms with E-state index in [1.807, 2.05) is 0 Å². The van der Waals surface area contributed by atoms with Gasteiger partial charge in [-0.15, -0.1) is 0 Å². The van der Waals surface area contributed by atoms with Gasteiger partial charge in [-0.1, -0.05) is 11.6 Å². The summed E-state index contributed by atoms with van der Waals surface area (Å²) in [5.74, 6) is -0.364. The van der Waals surface area contributed by atoms with Gasteiger partial charge < -0.3 is 10.2 Å². The number of hydrogen-bond donors (Lipinski definition) is 1. The summed E-state index contributed by atoms with van der Waals surface area (Å²) in [7, 11) is 3.34. The largest absolute Gasteiger partial charge is 0.351 e. The highest BCUT2D eigenvalue weighted by Crippen LogP contribution is 2.12. The van der Waals surface area contributed by atoms with Crippen molar-refractivity contribution >= 4 is 23.4 Å². The number of amides is 2. The predicted octanol–water partition coefficient (Wildman–Crippen LogP) is 0.943. The maximum absolute atomic E-state index is 11.7. The quantitative estimate of drug-likeness (QED) is 0.871. The lowest BCUT2D eigenvalue weighted by molar-refractivity contribution is -0.128. The van der Waals surface area contributed by atoms with E-state index in [0.717, 1.165) is 0 Å². The van der Waals surface area contributed by atoms with E-state index in [9.17, 15) is 9.59 Å². The third kappa shape index (κ3) is 4.03. The van der Waals surface area contributed by atoms with Gasteiger partial charge in [-0.3, -0.25) is 14.6 Å². The number of pyridine rings is 1. The standard InChI is InChI=1S/C11H14ClN3O2/c1-15(2)10(16)4-6-14-11(17)8-7-13-5-3-9(8)12/h3,5,7H,4,6H2,1-2H3,(H,14,17). The fourth-order valence-electron chi connectivity index (χ4n) is 1.15. The van der Waals surface area contributed by atoms with E-state index in [1.54, 1.807) is 20.2 Å². The van der Waals surface area contributed by atoms with Crippen molar-refractivity contribution in [2.24, 2.45) is 0 Å². The number of nitrogens with zero attached hydrogens (tertiary/aromatic N) is 2. The Morgan fingerprint density at radius 3 is 2.76 bits per heavy atom. The Bertz CT molecular complexity index is 421. The lowest BCUT2D eigenvalue weighted by atomic mass is 10.2. The molecular weight excluding hydrogens is 242 g/mol. The van der Waals surface area contributed by atoms with Crippen LogP contribution < -0.4 is 5.32 Å². The van der Waals surface area contributed by atoms with Crippen LogP contribution in [0.3, 0.4) is 0 Å². The second-order valence-corrected chi connectivity index (χ2v) is 4.06. The molecule has 0 saturated heterocycles. The highest BCUT2D eigenvalue weighted by Gasteiger charge is 2.10. The third-order valence-electron chi connectivity index (χ3n) is 2.14. The van der Waals surface area contributed by atoms with Crippen LogP contribution in [0.15, 0.2) is 18.5 Å². The summed E-state index contributed by atoms with van der Waals surface area (Å²) in [6.45, 7) is 0.279. The summed E-state index contributed by atoms with van der Waals surface area (Å²) in [5, 5.41) is 2.96. The van der Waals surface area contributed by atoms with Gasteiger partial charge in [0.25, 0.3) is 5.91 Å². The first-order valence-corrected chi connectivity index (χ1v) is 5.48. The molecule has 1 heterocycles. The number of carbonyl (C=O) groups excluding carboxylic acids is 2. The molecule has 5 nitrogen and oxygen atoms in total. The highest BCUT2D eigenvalue weighted by molar-refractivity contribution is 6.33. The van der Waals surface area contributed by atoms with Gasteiger partial charge in [-0.2, -0.15) is 0 Å². The van der Waals surface area contributed by atoms with E-state index in [-0.39, 0.29) is 24.8 Å². The molecule has 0 bridgehead atoms.